The molecule has 1 heterocycles. The summed E-state index contributed by atoms with van der Waals surface area (Å²) < 4.78 is 14.2. The maximum Gasteiger partial charge on any atom is 0.335 e. The van der Waals surface area contributed by atoms with E-state index in [4.69, 9.17) is 5.11 Å². The van der Waals surface area contributed by atoms with Gasteiger partial charge in [0.05, 0.1) is 22.3 Å². The van der Waals surface area contributed by atoms with Gasteiger partial charge in [-0.1, -0.05) is 0 Å². The van der Waals surface area contributed by atoms with Crippen molar-refractivity contribution >= 4 is 17.0 Å². The van der Waals surface area contributed by atoms with Crippen LogP contribution in [0.15, 0.2) is 47.3 Å². The standard InChI is InChI=1S/C14H9FN2O3/c15-9-2-4-10(5-3-9)17-12-7-8(13(18)19)1-6-11(12)16-14(17)20/h1-7H,(H,16,20)(H,18,19). The summed E-state index contributed by atoms with van der Waals surface area (Å²) in [6, 6.07) is 9.73. The monoisotopic (exact) mass is 272 g/mol. The first-order valence-electron chi connectivity index (χ1n) is 5.80. The molecule has 6 heteroatoms. The second kappa shape index (κ2) is 4.34. The van der Waals surface area contributed by atoms with Gasteiger partial charge < -0.3 is 10.1 Å². The average molecular weight is 272 g/mol. The first kappa shape index (κ1) is 12.2. The van der Waals surface area contributed by atoms with Gasteiger partial charge in [-0.25, -0.2) is 14.0 Å². The zero-order valence-corrected chi connectivity index (χ0v) is 10.1. The van der Waals surface area contributed by atoms with Crippen molar-refractivity contribution < 1.29 is 14.3 Å². The van der Waals surface area contributed by atoms with Gasteiger partial charge in [-0.3, -0.25) is 4.57 Å². The highest BCUT2D eigenvalue weighted by molar-refractivity contribution is 5.92. The molecule has 3 rings (SSSR count). The summed E-state index contributed by atoms with van der Waals surface area (Å²) in [4.78, 5) is 25.6. The number of H-pyrrole nitrogens is 1. The van der Waals surface area contributed by atoms with Crippen LogP contribution in [0.5, 0.6) is 0 Å². The molecule has 0 unspecified atom stereocenters. The lowest BCUT2D eigenvalue weighted by Crippen LogP contribution is -2.14. The number of nitrogens with one attached hydrogen (secondary N) is 1. The number of hydrogen-bond donors (Lipinski definition) is 2. The van der Waals surface area contributed by atoms with E-state index in [0.717, 1.165) is 0 Å². The third-order valence-electron chi connectivity index (χ3n) is 3.02. The van der Waals surface area contributed by atoms with E-state index in [2.05, 4.69) is 4.98 Å². The molecule has 3 aromatic rings. The van der Waals surface area contributed by atoms with Crippen LogP contribution in [0.2, 0.25) is 0 Å². The van der Waals surface area contributed by atoms with Crippen LogP contribution in [0.3, 0.4) is 0 Å². The number of imidazole rings is 1. The molecule has 0 atom stereocenters. The normalized spacial score (nSPS) is 10.8. The molecule has 0 saturated carbocycles. The molecule has 2 aromatic carbocycles. The van der Waals surface area contributed by atoms with E-state index in [1.165, 1.54) is 47.0 Å². The average Bonchev–Trinajstić information content (AvgIpc) is 2.75. The largest absolute Gasteiger partial charge is 0.478 e. The van der Waals surface area contributed by atoms with E-state index < -0.39 is 17.5 Å². The fraction of sp³-hybridized carbons (Fsp3) is 0. The number of nitrogens with zero attached hydrogens (tertiary/aromatic N) is 1. The second-order valence-electron chi connectivity index (χ2n) is 4.28. The second-order valence-corrected chi connectivity index (χ2v) is 4.28. The van der Waals surface area contributed by atoms with E-state index >= 15 is 0 Å². The summed E-state index contributed by atoms with van der Waals surface area (Å²) in [7, 11) is 0. The Balaban J connectivity index is 2.31. The summed E-state index contributed by atoms with van der Waals surface area (Å²) in [5.74, 6) is -1.49. The molecular weight excluding hydrogens is 263 g/mol. The Hall–Kier alpha value is -2.89. The van der Waals surface area contributed by atoms with E-state index in [9.17, 15) is 14.0 Å². The highest BCUT2D eigenvalue weighted by Gasteiger charge is 2.11. The van der Waals surface area contributed by atoms with Crippen LogP contribution in [0.4, 0.5) is 4.39 Å². The zero-order valence-electron chi connectivity index (χ0n) is 10.1. The molecule has 20 heavy (non-hydrogen) atoms. The van der Waals surface area contributed by atoms with Crippen LogP contribution in [0, 0.1) is 5.82 Å². The van der Waals surface area contributed by atoms with E-state index in [1.54, 1.807) is 0 Å². The lowest BCUT2D eigenvalue weighted by atomic mass is 10.2. The van der Waals surface area contributed by atoms with Crippen molar-refractivity contribution in [2.75, 3.05) is 0 Å². The molecule has 0 aliphatic heterocycles. The number of fused-ring (bicyclic) bond motifs is 1. The number of rotatable bonds is 2. The Morgan fingerprint density at radius 1 is 1.15 bits per heavy atom. The fourth-order valence-corrected chi connectivity index (χ4v) is 2.08. The predicted molar refractivity (Wildman–Crippen MR) is 70.8 cm³/mol. The van der Waals surface area contributed by atoms with Gasteiger partial charge in [-0.2, -0.15) is 0 Å². The predicted octanol–water partition coefficient (Wildman–Crippen LogP) is 2.16. The number of aromatic nitrogens is 2. The Bertz CT molecular complexity index is 862. The molecule has 0 spiro atoms. The lowest BCUT2D eigenvalue weighted by molar-refractivity contribution is 0.0697. The Morgan fingerprint density at radius 3 is 2.50 bits per heavy atom. The first-order valence-corrected chi connectivity index (χ1v) is 5.80. The highest BCUT2D eigenvalue weighted by Crippen LogP contribution is 2.17. The molecule has 0 saturated heterocycles. The minimum Gasteiger partial charge on any atom is -0.478 e. The number of carboxylic acid groups (broad SMARTS) is 1. The van der Waals surface area contributed by atoms with Gasteiger partial charge in [0.1, 0.15) is 5.82 Å². The van der Waals surface area contributed by atoms with Crippen molar-refractivity contribution in [2.45, 2.75) is 0 Å². The van der Waals surface area contributed by atoms with Crippen molar-refractivity contribution in [3.63, 3.8) is 0 Å². The maximum absolute atomic E-state index is 12.9. The van der Waals surface area contributed by atoms with Crippen LogP contribution < -0.4 is 5.69 Å². The van der Waals surface area contributed by atoms with Crippen LogP contribution in [0.25, 0.3) is 16.7 Å². The quantitative estimate of drug-likeness (QED) is 0.750. The minimum absolute atomic E-state index is 0.0763. The number of hydrogen-bond acceptors (Lipinski definition) is 2. The van der Waals surface area contributed by atoms with Gasteiger partial charge in [-0.05, 0) is 42.5 Å². The number of benzene rings is 2. The third kappa shape index (κ3) is 1.87. The van der Waals surface area contributed by atoms with Crippen molar-refractivity contribution in [2.24, 2.45) is 0 Å². The van der Waals surface area contributed by atoms with E-state index in [0.29, 0.717) is 16.7 Å². The van der Waals surface area contributed by atoms with Gasteiger partial charge in [0.15, 0.2) is 0 Å². The third-order valence-corrected chi connectivity index (χ3v) is 3.02. The maximum atomic E-state index is 12.9. The van der Waals surface area contributed by atoms with Gasteiger partial charge in [-0.15, -0.1) is 0 Å². The molecule has 0 bridgehead atoms. The van der Waals surface area contributed by atoms with E-state index in [1.807, 2.05) is 0 Å². The molecule has 0 fully saturated rings. The van der Waals surface area contributed by atoms with Gasteiger partial charge in [0.25, 0.3) is 0 Å². The summed E-state index contributed by atoms with van der Waals surface area (Å²) in [5, 5.41) is 9.00. The topological polar surface area (TPSA) is 75.1 Å². The molecule has 0 aliphatic carbocycles. The molecule has 1 aromatic heterocycles. The summed E-state index contributed by atoms with van der Waals surface area (Å²) in [5.41, 5.74) is 1.08. The molecule has 5 nitrogen and oxygen atoms in total. The van der Waals surface area contributed by atoms with E-state index in [-0.39, 0.29) is 5.56 Å². The van der Waals surface area contributed by atoms with Crippen LogP contribution in [-0.2, 0) is 0 Å². The molecule has 100 valence electrons. The number of carbonyl (C=O) groups is 1. The number of aromatic amines is 1. The fourth-order valence-electron chi connectivity index (χ4n) is 2.08. The lowest BCUT2D eigenvalue weighted by Gasteiger charge is -2.03. The van der Waals surface area contributed by atoms with Crippen molar-refractivity contribution in [1.29, 1.82) is 0 Å². The van der Waals surface area contributed by atoms with Crippen LogP contribution >= 0.6 is 0 Å². The molecule has 0 radical (unpaired) electrons. The SMILES string of the molecule is O=C(O)c1ccc2[nH]c(=O)n(-c3ccc(F)cc3)c2c1. The van der Waals surface area contributed by atoms with Crippen LogP contribution in [-0.4, -0.2) is 20.6 Å². The van der Waals surface area contributed by atoms with Crippen molar-refractivity contribution in [3.05, 3.63) is 64.3 Å². The Kier molecular flexibility index (Phi) is 2.64. The smallest absolute Gasteiger partial charge is 0.335 e. The Morgan fingerprint density at radius 2 is 1.85 bits per heavy atom. The molecule has 0 amide bonds. The summed E-state index contributed by atoms with van der Waals surface area (Å²) in [6.45, 7) is 0. The molecule has 0 aliphatic rings. The summed E-state index contributed by atoms with van der Waals surface area (Å²) in [6.07, 6.45) is 0. The van der Waals surface area contributed by atoms with Gasteiger partial charge in [0, 0.05) is 0 Å². The number of halogens is 1. The van der Waals surface area contributed by atoms with Gasteiger partial charge >= 0.3 is 11.7 Å². The van der Waals surface area contributed by atoms with Crippen molar-refractivity contribution in [1.82, 2.24) is 9.55 Å². The van der Waals surface area contributed by atoms with Crippen LogP contribution in [0.1, 0.15) is 10.4 Å². The zero-order chi connectivity index (χ0) is 14.3. The number of carboxylic acids is 1. The summed E-state index contributed by atoms with van der Waals surface area (Å²) >= 11 is 0. The number of aromatic carboxylic acids is 1. The molecule has 2 N–H and O–H groups in total. The first-order chi connectivity index (χ1) is 9.56. The Labute approximate surface area is 111 Å². The molecular formula is C14H9FN2O3. The highest BCUT2D eigenvalue weighted by atomic mass is 19.1. The van der Waals surface area contributed by atoms with Crippen molar-refractivity contribution in [3.8, 4) is 5.69 Å². The van der Waals surface area contributed by atoms with Gasteiger partial charge in [0.2, 0.25) is 0 Å². The minimum atomic E-state index is -1.08.